The number of hydrogen-bond donors (Lipinski definition) is 2. The molecule has 4 nitrogen and oxygen atoms in total. The molecule has 1 unspecified atom stereocenters. The van der Waals surface area contributed by atoms with Gasteiger partial charge < -0.3 is 19.9 Å². The van der Waals surface area contributed by atoms with Crippen molar-refractivity contribution in [2.24, 2.45) is 0 Å². The Morgan fingerprint density at radius 1 is 1.15 bits per heavy atom. The molecule has 0 aromatic heterocycles. The van der Waals surface area contributed by atoms with Gasteiger partial charge in [0.1, 0.15) is 12.3 Å². The Kier molecular flexibility index (Phi) is 3.03. The van der Waals surface area contributed by atoms with Crippen LogP contribution in [0.5, 0.6) is 11.5 Å². The fourth-order valence-corrected chi connectivity index (χ4v) is 2.66. The van der Waals surface area contributed by atoms with Gasteiger partial charge in [-0.1, -0.05) is 11.6 Å². The molecule has 20 heavy (non-hydrogen) atoms. The Morgan fingerprint density at radius 2 is 1.80 bits per heavy atom. The van der Waals surface area contributed by atoms with Crippen molar-refractivity contribution in [1.29, 1.82) is 0 Å². The zero-order valence-electron chi connectivity index (χ0n) is 10.5. The fourth-order valence-electron chi connectivity index (χ4n) is 2.53. The number of carbonyl (C=O) groups excluding carboxylic acids is 1. The summed E-state index contributed by atoms with van der Waals surface area (Å²) >= 11 is 5.87. The van der Waals surface area contributed by atoms with Gasteiger partial charge in [0.15, 0.2) is 11.5 Å². The molecule has 0 saturated heterocycles. The van der Waals surface area contributed by atoms with E-state index in [1.54, 1.807) is 12.1 Å². The Balaban J connectivity index is 2.04. The number of aldehydes is 1. The van der Waals surface area contributed by atoms with Crippen molar-refractivity contribution < 1.29 is 15.0 Å². The van der Waals surface area contributed by atoms with Crippen LogP contribution in [0.15, 0.2) is 36.4 Å². The standard InChI is InChI=1S/C15H12ClNO3/c16-10-1-3-11(4-2-10)17-7-9-5-14(19)15(20)6-12(9)13(17)8-18/h1-6,8,13,19-20H,7H2. The first-order valence-corrected chi connectivity index (χ1v) is 6.50. The smallest absolute Gasteiger partial charge is 0.157 e. The van der Waals surface area contributed by atoms with Crippen molar-refractivity contribution in [2.75, 3.05) is 4.90 Å². The molecule has 1 heterocycles. The van der Waals surface area contributed by atoms with Gasteiger partial charge in [-0.05, 0) is 47.5 Å². The summed E-state index contributed by atoms with van der Waals surface area (Å²) in [4.78, 5) is 13.3. The van der Waals surface area contributed by atoms with Gasteiger partial charge in [-0.15, -0.1) is 0 Å². The van der Waals surface area contributed by atoms with E-state index in [-0.39, 0.29) is 11.5 Å². The Bertz CT molecular complexity index is 670. The third kappa shape index (κ3) is 1.98. The summed E-state index contributed by atoms with van der Waals surface area (Å²) in [6, 6.07) is 9.66. The minimum atomic E-state index is -0.474. The third-order valence-corrected chi connectivity index (χ3v) is 3.77. The average Bonchev–Trinajstić information content (AvgIpc) is 2.78. The molecule has 2 N–H and O–H groups in total. The van der Waals surface area contributed by atoms with Gasteiger partial charge in [0.2, 0.25) is 0 Å². The molecule has 0 spiro atoms. The number of aromatic hydroxyl groups is 2. The fraction of sp³-hybridized carbons (Fsp3) is 0.133. The lowest BCUT2D eigenvalue weighted by molar-refractivity contribution is -0.108. The van der Waals surface area contributed by atoms with Crippen molar-refractivity contribution in [3.8, 4) is 11.5 Å². The molecule has 0 aliphatic carbocycles. The van der Waals surface area contributed by atoms with Crippen LogP contribution in [0.2, 0.25) is 5.02 Å². The summed E-state index contributed by atoms with van der Waals surface area (Å²) in [6.07, 6.45) is 0.830. The highest BCUT2D eigenvalue weighted by atomic mass is 35.5. The first kappa shape index (κ1) is 12.8. The van der Waals surface area contributed by atoms with Gasteiger partial charge in [-0.3, -0.25) is 0 Å². The van der Waals surface area contributed by atoms with E-state index < -0.39 is 6.04 Å². The summed E-state index contributed by atoms with van der Waals surface area (Å²) in [7, 11) is 0. The predicted molar refractivity (Wildman–Crippen MR) is 76.2 cm³/mol. The van der Waals surface area contributed by atoms with Crippen molar-refractivity contribution >= 4 is 23.6 Å². The Morgan fingerprint density at radius 3 is 2.45 bits per heavy atom. The molecule has 1 atom stereocenters. The summed E-state index contributed by atoms with van der Waals surface area (Å²) in [5.74, 6) is -0.389. The molecule has 2 aromatic rings. The summed E-state index contributed by atoms with van der Waals surface area (Å²) < 4.78 is 0. The largest absolute Gasteiger partial charge is 0.504 e. The topological polar surface area (TPSA) is 60.8 Å². The van der Waals surface area contributed by atoms with Crippen LogP contribution in [0, 0.1) is 0 Å². The quantitative estimate of drug-likeness (QED) is 0.659. The van der Waals surface area contributed by atoms with Crippen LogP contribution >= 0.6 is 11.6 Å². The molecule has 1 aliphatic rings. The molecule has 0 saturated carbocycles. The molecular formula is C15H12ClNO3. The number of anilines is 1. The number of nitrogens with zero attached hydrogens (tertiary/aromatic N) is 1. The average molecular weight is 290 g/mol. The second kappa shape index (κ2) is 4.72. The van der Waals surface area contributed by atoms with Gasteiger partial charge in [0.25, 0.3) is 0 Å². The predicted octanol–water partition coefficient (Wildman–Crippen LogP) is 3.01. The van der Waals surface area contributed by atoms with E-state index in [1.165, 1.54) is 12.1 Å². The van der Waals surface area contributed by atoms with Crippen LogP contribution in [0.3, 0.4) is 0 Å². The summed E-state index contributed by atoms with van der Waals surface area (Å²) in [5, 5.41) is 19.8. The van der Waals surface area contributed by atoms with Crippen molar-refractivity contribution in [3.63, 3.8) is 0 Å². The minimum absolute atomic E-state index is 0.175. The molecule has 1 aliphatic heterocycles. The van der Waals surface area contributed by atoms with Crippen molar-refractivity contribution in [1.82, 2.24) is 0 Å². The SMILES string of the molecule is O=CC1c2cc(O)c(O)cc2CN1c1ccc(Cl)cc1. The van der Waals surface area contributed by atoms with E-state index >= 15 is 0 Å². The number of benzene rings is 2. The van der Waals surface area contributed by atoms with Crippen LogP contribution in [0.25, 0.3) is 0 Å². The van der Waals surface area contributed by atoms with Crippen molar-refractivity contribution in [2.45, 2.75) is 12.6 Å². The van der Waals surface area contributed by atoms with E-state index in [4.69, 9.17) is 11.6 Å². The zero-order valence-corrected chi connectivity index (χ0v) is 11.2. The van der Waals surface area contributed by atoms with Gasteiger partial charge in [-0.2, -0.15) is 0 Å². The summed E-state index contributed by atoms with van der Waals surface area (Å²) in [5.41, 5.74) is 2.40. The molecular weight excluding hydrogens is 278 g/mol. The van der Waals surface area contributed by atoms with E-state index in [2.05, 4.69) is 0 Å². The van der Waals surface area contributed by atoms with Crippen LogP contribution in [-0.2, 0) is 11.3 Å². The second-order valence-corrected chi connectivity index (χ2v) is 5.16. The van der Waals surface area contributed by atoms with Crippen LogP contribution in [0.1, 0.15) is 17.2 Å². The normalized spacial score (nSPS) is 17.1. The van der Waals surface area contributed by atoms with Crippen LogP contribution in [-0.4, -0.2) is 16.5 Å². The van der Waals surface area contributed by atoms with E-state index in [9.17, 15) is 15.0 Å². The lowest BCUT2D eigenvalue weighted by Crippen LogP contribution is -2.22. The molecule has 0 fully saturated rings. The maximum atomic E-state index is 11.4. The lowest BCUT2D eigenvalue weighted by atomic mass is 10.0. The molecule has 2 aromatic carbocycles. The van der Waals surface area contributed by atoms with Crippen LogP contribution < -0.4 is 4.90 Å². The molecule has 102 valence electrons. The zero-order chi connectivity index (χ0) is 14.3. The van der Waals surface area contributed by atoms with E-state index in [0.29, 0.717) is 17.1 Å². The van der Waals surface area contributed by atoms with Gasteiger partial charge in [0, 0.05) is 17.3 Å². The maximum absolute atomic E-state index is 11.4. The highest BCUT2D eigenvalue weighted by Crippen LogP contribution is 2.41. The van der Waals surface area contributed by atoms with Crippen molar-refractivity contribution in [3.05, 3.63) is 52.5 Å². The van der Waals surface area contributed by atoms with Crippen LogP contribution in [0.4, 0.5) is 5.69 Å². The number of phenolic OH excluding ortho intramolecular Hbond substituents is 2. The molecule has 0 radical (unpaired) electrons. The highest BCUT2D eigenvalue weighted by Gasteiger charge is 2.31. The number of carbonyl (C=O) groups is 1. The molecule has 3 rings (SSSR count). The molecule has 0 amide bonds. The molecule has 5 heteroatoms. The van der Waals surface area contributed by atoms with Gasteiger partial charge in [0.05, 0.1) is 0 Å². The Labute approximate surface area is 120 Å². The number of rotatable bonds is 2. The third-order valence-electron chi connectivity index (χ3n) is 3.52. The lowest BCUT2D eigenvalue weighted by Gasteiger charge is -2.23. The van der Waals surface area contributed by atoms with E-state index in [1.807, 2.05) is 17.0 Å². The van der Waals surface area contributed by atoms with Gasteiger partial charge in [-0.25, -0.2) is 0 Å². The summed E-state index contributed by atoms with van der Waals surface area (Å²) in [6.45, 7) is 0.494. The maximum Gasteiger partial charge on any atom is 0.157 e. The Hall–Kier alpha value is -2.20. The molecule has 0 bridgehead atoms. The monoisotopic (exact) mass is 289 g/mol. The number of hydrogen-bond acceptors (Lipinski definition) is 4. The minimum Gasteiger partial charge on any atom is -0.504 e. The highest BCUT2D eigenvalue weighted by molar-refractivity contribution is 6.30. The number of halogens is 1. The van der Waals surface area contributed by atoms with Gasteiger partial charge >= 0.3 is 0 Å². The second-order valence-electron chi connectivity index (χ2n) is 4.72. The number of phenols is 2. The van der Waals surface area contributed by atoms with E-state index in [0.717, 1.165) is 17.5 Å². The number of fused-ring (bicyclic) bond motifs is 1. The first-order chi connectivity index (χ1) is 9.60. The first-order valence-electron chi connectivity index (χ1n) is 6.12.